The van der Waals surface area contributed by atoms with E-state index in [2.05, 4.69) is 4.90 Å². The summed E-state index contributed by atoms with van der Waals surface area (Å²) in [6.07, 6.45) is 9.19. The van der Waals surface area contributed by atoms with Crippen molar-refractivity contribution in [2.24, 2.45) is 22.9 Å². The second kappa shape index (κ2) is 9.87. The smallest absolute Gasteiger partial charge is 0.409 e. The van der Waals surface area contributed by atoms with Gasteiger partial charge in [0.25, 0.3) is 0 Å². The number of benzene rings is 1. The highest BCUT2D eigenvalue weighted by Gasteiger charge is 2.54. The van der Waals surface area contributed by atoms with Gasteiger partial charge in [-0.1, -0.05) is 0 Å². The summed E-state index contributed by atoms with van der Waals surface area (Å²) in [6, 6.07) is 7.03. The standard InChI is InChI=1S/C27H36N6O3S/c1-2-36-26(35)31-9-7-30(8-10-31)18-32-25(37)33(28-17-19-3-5-23(34)6-4-19)24(29-32)27-14-20-11-21(15-27)13-22(12-20)16-27/h3-6,17,20-22,34H,2,7-16,18H2,1H3/b28-17+. The van der Waals surface area contributed by atoms with Gasteiger partial charge in [0.15, 0.2) is 5.82 Å². The summed E-state index contributed by atoms with van der Waals surface area (Å²) in [5.74, 6) is 3.61. The van der Waals surface area contributed by atoms with Crippen LogP contribution >= 0.6 is 12.2 Å². The molecule has 9 nitrogen and oxygen atoms in total. The van der Waals surface area contributed by atoms with Crippen molar-refractivity contribution in [3.63, 3.8) is 0 Å². The van der Waals surface area contributed by atoms with Crippen LogP contribution in [-0.4, -0.2) is 74.5 Å². The Morgan fingerprint density at radius 3 is 2.32 bits per heavy atom. The number of aromatic nitrogens is 3. The van der Waals surface area contributed by atoms with Gasteiger partial charge in [-0.25, -0.2) is 9.48 Å². The fourth-order valence-electron chi connectivity index (χ4n) is 7.47. The average molecular weight is 525 g/mol. The molecule has 2 aromatic rings. The molecule has 0 atom stereocenters. The van der Waals surface area contributed by atoms with Gasteiger partial charge in [-0.15, -0.1) is 0 Å². The van der Waals surface area contributed by atoms with Gasteiger partial charge in [-0.3, -0.25) is 4.90 Å². The van der Waals surface area contributed by atoms with Crippen LogP contribution in [0.4, 0.5) is 4.79 Å². The normalized spacial score (nSPS) is 29.3. The minimum atomic E-state index is -0.240. The van der Waals surface area contributed by atoms with Crippen LogP contribution in [0.5, 0.6) is 5.75 Å². The first-order chi connectivity index (χ1) is 17.9. The number of phenolic OH excluding ortho intramolecular Hbond substituents is 1. The van der Waals surface area contributed by atoms with Gasteiger partial charge >= 0.3 is 6.09 Å². The van der Waals surface area contributed by atoms with Crippen LogP contribution in [0.15, 0.2) is 29.4 Å². The third-order valence-corrected chi connectivity index (χ3v) is 9.16. The van der Waals surface area contributed by atoms with Crippen LogP contribution in [0, 0.1) is 22.5 Å². The Kier molecular flexibility index (Phi) is 6.56. The number of nitrogens with zero attached hydrogens (tertiary/aromatic N) is 6. The number of carbonyl (C=O) groups is 1. The van der Waals surface area contributed by atoms with Gasteiger partial charge < -0.3 is 14.7 Å². The van der Waals surface area contributed by atoms with Crippen molar-refractivity contribution in [3.8, 4) is 5.75 Å². The molecule has 1 aliphatic heterocycles. The molecule has 1 N–H and O–H groups in total. The van der Waals surface area contributed by atoms with Crippen molar-refractivity contribution in [1.29, 1.82) is 0 Å². The lowest BCUT2D eigenvalue weighted by atomic mass is 9.49. The molecule has 4 saturated carbocycles. The zero-order chi connectivity index (χ0) is 25.6. The van der Waals surface area contributed by atoms with Gasteiger partial charge in [0.05, 0.1) is 19.5 Å². The average Bonchev–Trinajstić information content (AvgIpc) is 3.19. The predicted molar refractivity (Wildman–Crippen MR) is 142 cm³/mol. The first kappa shape index (κ1) is 24.6. The number of rotatable bonds is 6. The summed E-state index contributed by atoms with van der Waals surface area (Å²) < 4.78 is 9.60. The van der Waals surface area contributed by atoms with E-state index in [0.717, 1.165) is 42.2 Å². The summed E-state index contributed by atoms with van der Waals surface area (Å²) in [5, 5.41) is 19.7. The predicted octanol–water partition coefficient (Wildman–Crippen LogP) is 4.20. The molecule has 4 aliphatic carbocycles. The van der Waals surface area contributed by atoms with Crippen molar-refractivity contribution >= 4 is 24.5 Å². The molecule has 1 aromatic heterocycles. The minimum absolute atomic E-state index is 0.0441. The van der Waals surface area contributed by atoms with E-state index >= 15 is 0 Å². The molecule has 5 fully saturated rings. The van der Waals surface area contributed by atoms with Crippen molar-refractivity contribution in [2.75, 3.05) is 32.8 Å². The molecule has 10 heteroatoms. The topological polar surface area (TPSA) is 88.1 Å². The number of hydrogen-bond acceptors (Lipinski definition) is 7. The number of phenols is 1. The van der Waals surface area contributed by atoms with Crippen molar-refractivity contribution < 1.29 is 14.6 Å². The van der Waals surface area contributed by atoms with E-state index in [0.29, 0.717) is 31.1 Å². The lowest BCUT2D eigenvalue weighted by molar-refractivity contribution is -0.0112. The molecule has 2 heterocycles. The lowest BCUT2D eigenvalue weighted by Crippen LogP contribution is -2.50. The SMILES string of the molecule is CCOC(=O)N1CCN(Cn2nc(C34CC5CC(CC(C5)C3)C4)n(/N=C/c3ccc(O)cc3)c2=S)CC1. The van der Waals surface area contributed by atoms with Gasteiger partial charge in [-0.05, 0) is 105 Å². The number of hydrogen-bond donors (Lipinski definition) is 1. The largest absolute Gasteiger partial charge is 0.508 e. The summed E-state index contributed by atoms with van der Waals surface area (Å²) in [5.41, 5.74) is 0.946. The Morgan fingerprint density at radius 2 is 1.73 bits per heavy atom. The van der Waals surface area contributed by atoms with Crippen LogP contribution in [-0.2, 0) is 16.8 Å². The fourth-order valence-corrected chi connectivity index (χ4v) is 7.70. The van der Waals surface area contributed by atoms with E-state index in [1.165, 1.54) is 38.5 Å². The van der Waals surface area contributed by atoms with Gasteiger partial charge in [0.1, 0.15) is 5.75 Å². The Hall–Kier alpha value is -2.72. The molecule has 198 valence electrons. The molecule has 7 rings (SSSR count). The summed E-state index contributed by atoms with van der Waals surface area (Å²) >= 11 is 5.97. The quantitative estimate of drug-likeness (QED) is 0.450. The Bertz CT molecular complexity index is 1190. The molecular weight excluding hydrogens is 488 g/mol. The van der Waals surface area contributed by atoms with Gasteiger partial charge in [-0.2, -0.15) is 14.9 Å². The lowest BCUT2D eigenvalue weighted by Gasteiger charge is -2.55. The third kappa shape index (κ3) is 4.81. The highest BCUT2D eigenvalue weighted by molar-refractivity contribution is 7.71. The van der Waals surface area contributed by atoms with Crippen molar-refractivity contribution in [2.45, 2.75) is 57.5 Å². The van der Waals surface area contributed by atoms with E-state index in [1.807, 2.05) is 34.6 Å². The molecule has 1 aromatic carbocycles. The maximum atomic E-state index is 12.1. The zero-order valence-corrected chi connectivity index (χ0v) is 22.3. The minimum Gasteiger partial charge on any atom is -0.508 e. The molecule has 0 radical (unpaired) electrons. The maximum Gasteiger partial charge on any atom is 0.409 e. The highest BCUT2D eigenvalue weighted by atomic mass is 32.1. The monoisotopic (exact) mass is 524 g/mol. The third-order valence-electron chi connectivity index (χ3n) is 8.78. The first-order valence-electron chi connectivity index (χ1n) is 13.6. The number of carbonyl (C=O) groups excluding carboxylic acids is 1. The summed E-state index contributed by atoms with van der Waals surface area (Å²) in [4.78, 5) is 16.1. The molecular formula is C27H36N6O3S. The molecule has 0 unspecified atom stereocenters. The second-order valence-electron chi connectivity index (χ2n) is 11.4. The van der Waals surface area contributed by atoms with Crippen LogP contribution < -0.4 is 0 Å². The number of aromatic hydroxyl groups is 1. The van der Waals surface area contributed by atoms with Crippen LogP contribution in [0.2, 0.25) is 0 Å². The van der Waals surface area contributed by atoms with Gasteiger partial charge in [0, 0.05) is 31.6 Å². The molecule has 1 amide bonds. The molecule has 1 saturated heterocycles. The Labute approximate surface area is 222 Å². The summed E-state index contributed by atoms with van der Waals surface area (Å²) in [6.45, 7) is 5.56. The molecule has 37 heavy (non-hydrogen) atoms. The van der Waals surface area contributed by atoms with Crippen LogP contribution in [0.25, 0.3) is 0 Å². The molecule has 4 bridgehead atoms. The number of ether oxygens (including phenoxy) is 1. The number of piperazine rings is 1. The van der Waals surface area contributed by atoms with Crippen molar-refractivity contribution in [1.82, 2.24) is 24.3 Å². The molecule has 5 aliphatic rings. The van der Waals surface area contributed by atoms with Crippen LogP contribution in [0.1, 0.15) is 56.8 Å². The Balaban J connectivity index is 1.28. The highest BCUT2D eigenvalue weighted by Crippen LogP contribution is 2.60. The van der Waals surface area contributed by atoms with E-state index in [1.54, 1.807) is 17.0 Å². The summed E-state index contributed by atoms with van der Waals surface area (Å²) in [7, 11) is 0. The Morgan fingerprint density at radius 1 is 1.11 bits per heavy atom. The first-order valence-corrected chi connectivity index (χ1v) is 14.0. The van der Waals surface area contributed by atoms with E-state index in [4.69, 9.17) is 27.2 Å². The van der Waals surface area contributed by atoms with Crippen LogP contribution in [0.3, 0.4) is 0 Å². The molecule has 0 spiro atoms. The van der Waals surface area contributed by atoms with Crippen molar-refractivity contribution in [3.05, 3.63) is 40.4 Å². The van der Waals surface area contributed by atoms with E-state index in [9.17, 15) is 9.90 Å². The van der Waals surface area contributed by atoms with E-state index in [-0.39, 0.29) is 17.3 Å². The van der Waals surface area contributed by atoms with E-state index < -0.39 is 0 Å². The van der Waals surface area contributed by atoms with Gasteiger partial charge in [0.2, 0.25) is 4.77 Å². The fraction of sp³-hybridized carbons (Fsp3) is 0.630. The maximum absolute atomic E-state index is 12.1. The zero-order valence-electron chi connectivity index (χ0n) is 21.5. The second-order valence-corrected chi connectivity index (χ2v) is 11.8. The number of amides is 1.